The maximum Gasteiger partial charge on any atom is 0.310 e. The first-order valence-corrected chi connectivity index (χ1v) is 7.15. The zero-order chi connectivity index (χ0) is 15.5. The molecule has 1 aliphatic heterocycles. The zero-order valence-electron chi connectivity index (χ0n) is 12.7. The predicted octanol–water partition coefficient (Wildman–Crippen LogP) is 2.10. The highest BCUT2D eigenvalue weighted by molar-refractivity contribution is 5.84. The lowest BCUT2D eigenvalue weighted by Crippen LogP contribution is -2.45. The molecule has 1 aromatic carbocycles. The van der Waals surface area contributed by atoms with Crippen molar-refractivity contribution in [3.63, 3.8) is 0 Å². The van der Waals surface area contributed by atoms with E-state index in [1.165, 1.54) is 0 Å². The Balaban J connectivity index is 2.18. The number of benzene rings is 1. The fourth-order valence-electron chi connectivity index (χ4n) is 2.58. The van der Waals surface area contributed by atoms with Crippen molar-refractivity contribution < 1.29 is 19.1 Å². The third-order valence-electron chi connectivity index (χ3n) is 3.58. The highest BCUT2D eigenvalue weighted by Gasteiger charge is 2.48. The monoisotopic (exact) mass is 291 g/mol. The van der Waals surface area contributed by atoms with E-state index in [4.69, 9.17) is 9.47 Å². The van der Waals surface area contributed by atoms with Crippen molar-refractivity contribution >= 4 is 11.9 Å². The maximum atomic E-state index is 12.3. The Bertz CT molecular complexity index is 516. The van der Waals surface area contributed by atoms with Crippen molar-refractivity contribution in [2.75, 3.05) is 6.61 Å². The van der Waals surface area contributed by atoms with Crippen molar-refractivity contribution in [1.29, 1.82) is 0 Å². The van der Waals surface area contributed by atoms with E-state index in [-0.39, 0.29) is 18.3 Å². The Morgan fingerprint density at radius 3 is 2.67 bits per heavy atom. The first-order chi connectivity index (χ1) is 9.96. The average Bonchev–Trinajstić information content (AvgIpc) is 2.63. The second-order valence-corrected chi connectivity index (χ2v) is 5.33. The van der Waals surface area contributed by atoms with E-state index in [1.54, 1.807) is 25.7 Å². The van der Waals surface area contributed by atoms with Gasteiger partial charge in [-0.15, -0.1) is 0 Å². The van der Waals surface area contributed by atoms with Crippen molar-refractivity contribution in [2.24, 2.45) is 0 Å². The first kappa shape index (κ1) is 15.5. The maximum absolute atomic E-state index is 12.3. The molecule has 1 amide bonds. The molecule has 1 fully saturated rings. The third-order valence-corrected chi connectivity index (χ3v) is 3.58. The fourth-order valence-corrected chi connectivity index (χ4v) is 2.58. The summed E-state index contributed by atoms with van der Waals surface area (Å²) in [6.07, 6.45) is -0.517. The SMILES string of the molecule is CCOC(=O)C[C@@]1(C)O[C@H](C)C(=O)N1Cc1ccccc1. The summed E-state index contributed by atoms with van der Waals surface area (Å²) in [5.74, 6) is -0.467. The van der Waals surface area contributed by atoms with E-state index < -0.39 is 11.8 Å². The molecule has 2 atom stereocenters. The Labute approximate surface area is 124 Å². The van der Waals surface area contributed by atoms with Crippen LogP contribution in [0.4, 0.5) is 0 Å². The van der Waals surface area contributed by atoms with Crippen molar-refractivity contribution in [3.8, 4) is 0 Å². The normalized spacial score (nSPS) is 25.2. The fraction of sp³-hybridized carbons (Fsp3) is 0.500. The van der Waals surface area contributed by atoms with Gasteiger partial charge in [0.05, 0.1) is 13.0 Å². The van der Waals surface area contributed by atoms with Gasteiger partial charge >= 0.3 is 5.97 Å². The van der Waals surface area contributed by atoms with Gasteiger partial charge in [0.1, 0.15) is 6.10 Å². The summed E-state index contributed by atoms with van der Waals surface area (Å²) in [6.45, 7) is 5.95. The van der Waals surface area contributed by atoms with E-state index in [0.29, 0.717) is 13.2 Å². The molecule has 0 aliphatic carbocycles. The molecule has 1 aromatic rings. The van der Waals surface area contributed by atoms with Crippen molar-refractivity contribution in [3.05, 3.63) is 35.9 Å². The van der Waals surface area contributed by atoms with Gasteiger partial charge in [0.2, 0.25) is 0 Å². The molecular weight excluding hydrogens is 270 g/mol. The molecule has 0 spiro atoms. The molecule has 1 heterocycles. The minimum absolute atomic E-state index is 0.0315. The summed E-state index contributed by atoms with van der Waals surface area (Å²) in [7, 11) is 0. The van der Waals surface area contributed by atoms with E-state index in [2.05, 4.69) is 0 Å². The van der Waals surface area contributed by atoms with E-state index in [1.807, 2.05) is 30.3 Å². The van der Waals surface area contributed by atoms with E-state index in [0.717, 1.165) is 5.56 Å². The molecule has 0 bridgehead atoms. The van der Waals surface area contributed by atoms with Crippen LogP contribution in [0.5, 0.6) is 0 Å². The number of nitrogens with zero attached hydrogens (tertiary/aromatic N) is 1. The molecule has 0 saturated carbocycles. The highest BCUT2D eigenvalue weighted by atomic mass is 16.6. The molecule has 0 aromatic heterocycles. The Morgan fingerprint density at radius 1 is 1.38 bits per heavy atom. The lowest BCUT2D eigenvalue weighted by atomic mass is 10.1. The molecule has 1 aliphatic rings. The predicted molar refractivity (Wildman–Crippen MR) is 77.2 cm³/mol. The van der Waals surface area contributed by atoms with Crippen LogP contribution in [0.1, 0.15) is 32.8 Å². The van der Waals surface area contributed by atoms with Crippen molar-refractivity contribution in [2.45, 2.75) is 45.6 Å². The van der Waals surface area contributed by atoms with Gasteiger partial charge in [-0.05, 0) is 26.3 Å². The molecular formula is C16H21NO4. The number of hydrogen-bond donors (Lipinski definition) is 0. The number of hydrogen-bond acceptors (Lipinski definition) is 4. The summed E-state index contributed by atoms with van der Waals surface area (Å²) in [4.78, 5) is 25.7. The summed E-state index contributed by atoms with van der Waals surface area (Å²) in [6, 6.07) is 9.65. The third kappa shape index (κ3) is 3.42. The zero-order valence-corrected chi connectivity index (χ0v) is 12.7. The van der Waals surface area contributed by atoms with E-state index in [9.17, 15) is 9.59 Å². The molecule has 114 valence electrons. The Kier molecular flexibility index (Phi) is 4.63. The second kappa shape index (κ2) is 6.26. The number of carbonyl (C=O) groups is 2. The van der Waals surface area contributed by atoms with Gasteiger partial charge in [-0.3, -0.25) is 9.59 Å². The largest absolute Gasteiger partial charge is 0.466 e. The number of amides is 1. The van der Waals surface area contributed by atoms with Gasteiger partial charge in [-0.1, -0.05) is 30.3 Å². The van der Waals surface area contributed by atoms with Gasteiger partial charge in [0.25, 0.3) is 5.91 Å². The quantitative estimate of drug-likeness (QED) is 0.780. The Hall–Kier alpha value is -1.88. The van der Waals surface area contributed by atoms with Crippen LogP contribution in [0.25, 0.3) is 0 Å². The molecule has 0 unspecified atom stereocenters. The molecule has 5 heteroatoms. The van der Waals surface area contributed by atoms with Crippen LogP contribution in [-0.2, 0) is 25.6 Å². The molecule has 0 radical (unpaired) electrons. The molecule has 1 saturated heterocycles. The first-order valence-electron chi connectivity index (χ1n) is 7.15. The lowest BCUT2D eigenvalue weighted by molar-refractivity contribution is -0.158. The van der Waals surface area contributed by atoms with E-state index >= 15 is 0 Å². The highest BCUT2D eigenvalue weighted by Crippen LogP contribution is 2.33. The minimum Gasteiger partial charge on any atom is -0.466 e. The average molecular weight is 291 g/mol. The minimum atomic E-state index is -0.960. The molecule has 0 N–H and O–H groups in total. The van der Waals surface area contributed by atoms with Crippen molar-refractivity contribution in [1.82, 2.24) is 4.90 Å². The van der Waals surface area contributed by atoms with Gasteiger partial charge in [0, 0.05) is 6.54 Å². The molecule has 2 rings (SSSR count). The van der Waals surface area contributed by atoms with Gasteiger partial charge in [-0.2, -0.15) is 0 Å². The smallest absolute Gasteiger partial charge is 0.310 e. The number of rotatable bonds is 5. The van der Waals surface area contributed by atoms with Crippen LogP contribution in [-0.4, -0.2) is 35.2 Å². The van der Waals surface area contributed by atoms with Crippen LogP contribution < -0.4 is 0 Å². The lowest BCUT2D eigenvalue weighted by Gasteiger charge is -2.32. The Morgan fingerprint density at radius 2 is 2.05 bits per heavy atom. The summed E-state index contributed by atoms with van der Waals surface area (Å²) in [5.41, 5.74) is 0.0390. The van der Waals surface area contributed by atoms with Gasteiger partial charge in [0.15, 0.2) is 5.72 Å². The van der Waals surface area contributed by atoms with Crippen LogP contribution in [0.15, 0.2) is 30.3 Å². The topological polar surface area (TPSA) is 55.8 Å². The molecule has 21 heavy (non-hydrogen) atoms. The molecule has 5 nitrogen and oxygen atoms in total. The summed E-state index contributed by atoms with van der Waals surface area (Å²) >= 11 is 0. The summed E-state index contributed by atoms with van der Waals surface area (Å²) < 4.78 is 10.7. The van der Waals surface area contributed by atoms with Crippen LogP contribution in [0.3, 0.4) is 0 Å². The second-order valence-electron chi connectivity index (χ2n) is 5.33. The van der Waals surface area contributed by atoms with Crippen LogP contribution in [0.2, 0.25) is 0 Å². The number of carbonyl (C=O) groups excluding carboxylic acids is 2. The van der Waals surface area contributed by atoms with Gasteiger partial charge < -0.3 is 14.4 Å². The van der Waals surface area contributed by atoms with Crippen LogP contribution in [0, 0.1) is 0 Å². The number of ether oxygens (including phenoxy) is 2. The standard InChI is InChI=1S/C16H21NO4/c1-4-20-14(18)10-16(3)17(15(19)12(2)21-16)11-13-8-6-5-7-9-13/h5-9,12H,4,10-11H2,1-3H3/t12-,16-/m1/s1. The summed E-state index contributed by atoms with van der Waals surface area (Å²) in [5, 5.41) is 0. The van der Waals surface area contributed by atoms with Gasteiger partial charge in [-0.25, -0.2) is 0 Å². The van der Waals surface area contributed by atoms with Crippen LogP contribution >= 0.6 is 0 Å². The number of esters is 1.